The van der Waals surface area contributed by atoms with E-state index in [0.717, 1.165) is 16.8 Å². The van der Waals surface area contributed by atoms with E-state index in [0.29, 0.717) is 18.1 Å². The van der Waals surface area contributed by atoms with Gasteiger partial charge in [0.05, 0.1) is 11.5 Å². The standard InChI is InChI=1S/C19H24N4O3S/c1-12-5-6-13(2)16(9-12)21-18(24)17-10-14(3)20-19(22-17)23(4)15-7-8-27(25,26)11-15/h5-6,9-10,15H,7-8,11H2,1-4H3,(H,21,24). The Morgan fingerprint density at radius 1 is 1.19 bits per heavy atom. The maximum absolute atomic E-state index is 12.7. The third kappa shape index (κ3) is 4.44. The van der Waals surface area contributed by atoms with Crippen molar-refractivity contribution in [2.75, 3.05) is 28.8 Å². The summed E-state index contributed by atoms with van der Waals surface area (Å²) in [6.07, 6.45) is 0.542. The van der Waals surface area contributed by atoms with Gasteiger partial charge >= 0.3 is 0 Å². The summed E-state index contributed by atoms with van der Waals surface area (Å²) in [6.45, 7) is 5.69. The fourth-order valence-electron chi connectivity index (χ4n) is 3.13. The van der Waals surface area contributed by atoms with Crippen LogP contribution in [0.1, 0.15) is 33.7 Å². The summed E-state index contributed by atoms with van der Waals surface area (Å²) in [5.41, 5.74) is 3.67. The molecule has 1 atom stereocenters. The van der Waals surface area contributed by atoms with Crippen molar-refractivity contribution in [2.45, 2.75) is 33.2 Å². The van der Waals surface area contributed by atoms with Crippen molar-refractivity contribution < 1.29 is 13.2 Å². The van der Waals surface area contributed by atoms with Crippen LogP contribution in [0.15, 0.2) is 24.3 Å². The zero-order valence-corrected chi connectivity index (χ0v) is 16.8. The summed E-state index contributed by atoms with van der Waals surface area (Å²) >= 11 is 0. The van der Waals surface area contributed by atoms with E-state index in [1.165, 1.54) is 0 Å². The predicted octanol–water partition coefficient (Wildman–Crippen LogP) is 2.28. The lowest BCUT2D eigenvalue weighted by atomic mass is 10.1. The lowest BCUT2D eigenvalue weighted by Crippen LogP contribution is -2.34. The van der Waals surface area contributed by atoms with Crippen LogP contribution in [-0.2, 0) is 9.84 Å². The van der Waals surface area contributed by atoms with Gasteiger partial charge < -0.3 is 10.2 Å². The number of rotatable bonds is 4. The second-order valence-corrected chi connectivity index (χ2v) is 9.36. The summed E-state index contributed by atoms with van der Waals surface area (Å²) in [5.74, 6) is 0.310. The molecule has 1 unspecified atom stereocenters. The van der Waals surface area contributed by atoms with Gasteiger partial charge in [0.15, 0.2) is 9.84 Å². The molecule has 1 amide bonds. The number of benzene rings is 1. The summed E-state index contributed by atoms with van der Waals surface area (Å²) < 4.78 is 23.5. The fourth-order valence-corrected chi connectivity index (χ4v) is 4.90. The van der Waals surface area contributed by atoms with E-state index in [9.17, 15) is 13.2 Å². The monoisotopic (exact) mass is 388 g/mol. The van der Waals surface area contributed by atoms with Crippen molar-refractivity contribution in [3.8, 4) is 0 Å². The first-order valence-corrected chi connectivity index (χ1v) is 10.6. The molecule has 1 aliphatic rings. The smallest absolute Gasteiger partial charge is 0.274 e. The summed E-state index contributed by atoms with van der Waals surface area (Å²) in [5, 5.41) is 2.90. The van der Waals surface area contributed by atoms with E-state index in [4.69, 9.17) is 0 Å². The Morgan fingerprint density at radius 2 is 1.93 bits per heavy atom. The average Bonchev–Trinajstić information content (AvgIpc) is 2.96. The predicted molar refractivity (Wildman–Crippen MR) is 106 cm³/mol. The number of aryl methyl sites for hydroxylation is 3. The first-order valence-electron chi connectivity index (χ1n) is 8.82. The Kier molecular flexibility index (Phi) is 5.19. The molecule has 0 saturated carbocycles. The van der Waals surface area contributed by atoms with Crippen molar-refractivity contribution in [1.82, 2.24) is 9.97 Å². The minimum atomic E-state index is -3.01. The number of amides is 1. The van der Waals surface area contributed by atoms with Crippen LogP contribution in [0.3, 0.4) is 0 Å². The second kappa shape index (κ2) is 7.26. The van der Waals surface area contributed by atoms with Crippen LogP contribution >= 0.6 is 0 Å². The SMILES string of the molecule is Cc1ccc(C)c(NC(=O)c2cc(C)nc(N(C)C3CCS(=O)(=O)C3)n2)c1. The minimum absolute atomic E-state index is 0.0881. The van der Waals surface area contributed by atoms with E-state index in [2.05, 4.69) is 15.3 Å². The van der Waals surface area contributed by atoms with Gasteiger partial charge in [0.1, 0.15) is 5.69 Å². The number of anilines is 2. The number of nitrogens with zero attached hydrogens (tertiary/aromatic N) is 3. The molecule has 0 aliphatic carbocycles. The molecule has 1 fully saturated rings. The largest absolute Gasteiger partial charge is 0.340 e. The molecule has 0 spiro atoms. The van der Waals surface area contributed by atoms with Gasteiger partial charge in [-0.15, -0.1) is 0 Å². The average molecular weight is 388 g/mol. The van der Waals surface area contributed by atoms with Crippen LogP contribution in [0.4, 0.5) is 11.6 Å². The van der Waals surface area contributed by atoms with E-state index in [1.54, 1.807) is 24.9 Å². The third-order valence-electron chi connectivity index (χ3n) is 4.79. The fraction of sp³-hybridized carbons (Fsp3) is 0.421. The molecule has 7 nitrogen and oxygen atoms in total. The Bertz CT molecular complexity index is 988. The molecule has 27 heavy (non-hydrogen) atoms. The quantitative estimate of drug-likeness (QED) is 0.864. The number of carbonyl (C=O) groups excluding carboxylic acids is 1. The highest BCUT2D eigenvalue weighted by molar-refractivity contribution is 7.91. The third-order valence-corrected chi connectivity index (χ3v) is 6.54. The van der Waals surface area contributed by atoms with Crippen LogP contribution in [0.2, 0.25) is 0 Å². The molecular weight excluding hydrogens is 364 g/mol. The van der Waals surface area contributed by atoms with Gasteiger partial charge in [0.25, 0.3) is 5.91 Å². The number of hydrogen-bond donors (Lipinski definition) is 1. The van der Waals surface area contributed by atoms with E-state index in [1.807, 2.05) is 32.0 Å². The van der Waals surface area contributed by atoms with Crippen LogP contribution < -0.4 is 10.2 Å². The maximum Gasteiger partial charge on any atom is 0.274 e. The number of hydrogen-bond acceptors (Lipinski definition) is 6. The van der Waals surface area contributed by atoms with Gasteiger partial charge in [0.2, 0.25) is 5.95 Å². The zero-order valence-electron chi connectivity index (χ0n) is 16.0. The molecule has 1 aliphatic heterocycles. The van der Waals surface area contributed by atoms with E-state index in [-0.39, 0.29) is 29.1 Å². The van der Waals surface area contributed by atoms with Gasteiger partial charge in [-0.25, -0.2) is 18.4 Å². The molecule has 1 aromatic heterocycles. The number of aromatic nitrogens is 2. The Balaban J connectivity index is 1.84. The molecule has 2 aromatic rings. The first-order chi connectivity index (χ1) is 12.6. The molecule has 1 aromatic carbocycles. The van der Waals surface area contributed by atoms with Gasteiger partial charge in [0, 0.05) is 24.5 Å². The highest BCUT2D eigenvalue weighted by Gasteiger charge is 2.32. The molecule has 1 saturated heterocycles. The Morgan fingerprint density at radius 3 is 2.59 bits per heavy atom. The number of sulfone groups is 1. The minimum Gasteiger partial charge on any atom is -0.340 e. The molecular formula is C19H24N4O3S. The molecule has 8 heteroatoms. The highest BCUT2D eigenvalue weighted by atomic mass is 32.2. The lowest BCUT2D eigenvalue weighted by molar-refractivity contribution is 0.102. The van der Waals surface area contributed by atoms with Crippen molar-refractivity contribution in [3.05, 3.63) is 46.8 Å². The van der Waals surface area contributed by atoms with Crippen molar-refractivity contribution in [3.63, 3.8) is 0 Å². The molecule has 3 rings (SSSR count). The van der Waals surface area contributed by atoms with Crippen LogP contribution in [0, 0.1) is 20.8 Å². The van der Waals surface area contributed by atoms with E-state index < -0.39 is 9.84 Å². The first kappa shape index (κ1) is 19.3. The summed E-state index contributed by atoms with van der Waals surface area (Å²) in [4.78, 5) is 23.2. The molecule has 0 radical (unpaired) electrons. The lowest BCUT2D eigenvalue weighted by Gasteiger charge is -2.24. The van der Waals surface area contributed by atoms with E-state index >= 15 is 0 Å². The van der Waals surface area contributed by atoms with Gasteiger partial charge in [-0.3, -0.25) is 4.79 Å². The van der Waals surface area contributed by atoms with Crippen molar-refractivity contribution in [2.24, 2.45) is 0 Å². The Hall–Kier alpha value is -2.48. The van der Waals surface area contributed by atoms with Crippen molar-refractivity contribution in [1.29, 1.82) is 0 Å². The van der Waals surface area contributed by atoms with Crippen LogP contribution in [0.25, 0.3) is 0 Å². The zero-order chi connectivity index (χ0) is 19.8. The summed E-state index contributed by atoms with van der Waals surface area (Å²) in [7, 11) is -1.24. The molecule has 0 bridgehead atoms. The normalized spacial score (nSPS) is 18.3. The molecule has 2 heterocycles. The van der Waals surface area contributed by atoms with Crippen molar-refractivity contribution >= 4 is 27.4 Å². The Labute approximate surface area is 159 Å². The van der Waals surface area contributed by atoms with Crippen LogP contribution in [-0.4, -0.2) is 48.9 Å². The topological polar surface area (TPSA) is 92.3 Å². The van der Waals surface area contributed by atoms with Gasteiger partial charge in [-0.05, 0) is 50.5 Å². The maximum atomic E-state index is 12.7. The summed E-state index contributed by atoms with van der Waals surface area (Å²) in [6, 6.07) is 7.31. The number of carbonyl (C=O) groups is 1. The molecule has 144 valence electrons. The number of nitrogens with one attached hydrogen (secondary N) is 1. The molecule has 1 N–H and O–H groups in total. The van der Waals surface area contributed by atoms with Crippen LogP contribution in [0.5, 0.6) is 0 Å². The van der Waals surface area contributed by atoms with Gasteiger partial charge in [-0.1, -0.05) is 12.1 Å². The van der Waals surface area contributed by atoms with Gasteiger partial charge in [-0.2, -0.15) is 0 Å². The second-order valence-electron chi connectivity index (χ2n) is 7.13. The highest BCUT2D eigenvalue weighted by Crippen LogP contribution is 2.22.